The monoisotopic (exact) mass is 280 g/mol. The number of aromatic nitrogens is 2. The molecule has 1 spiro atoms. The molecule has 1 aliphatic carbocycles. The summed E-state index contributed by atoms with van der Waals surface area (Å²) in [5.74, 6) is 0.687. The number of hydrogen-bond donors (Lipinski definition) is 2. The van der Waals surface area contributed by atoms with Crippen LogP contribution in [-0.2, 0) is 4.79 Å². The maximum absolute atomic E-state index is 12.1. The summed E-state index contributed by atoms with van der Waals surface area (Å²) in [6, 6.07) is 0. The number of carbonyl (C=O) groups is 1. The number of nitrogens with one attached hydrogen (secondary N) is 2. The van der Waals surface area contributed by atoms with Crippen LogP contribution in [-0.4, -0.2) is 21.4 Å². The van der Waals surface area contributed by atoms with Crippen LogP contribution < -0.4 is 10.6 Å². The van der Waals surface area contributed by atoms with E-state index < -0.39 is 0 Å². The number of anilines is 2. The van der Waals surface area contributed by atoms with Gasteiger partial charge in [0, 0.05) is 12.0 Å². The van der Waals surface area contributed by atoms with Gasteiger partial charge in [-0.15, -0.1) is 0 Å². The Bertz CT molecular complexity index is 526. The molecule has 2 heterocycles. The zero-order valence-corrected chi connectivity index (χ0v) is 11.7. The molecule has 0 aromatic carbocycles. The second-order valence-electron chi connectivity index (χ2n) is 5.49. The van der Waals surface area contributed by atoms with E-state index in [4.69, 9.17) is 11.6 Å². The number of nitrogens with zero attached hydrogens (tertiary/aromatic N) is 2. The first-order chi connectivity index (χ1) is 9.08. The number of amides is 1. The number of halogens is 1. The van der Waals surface area contributed by atoms with Crippen LogP contribution in [0.1, 0.15) is 44.2 Å². The first-order valence-electron chi connectivity index (χ1n) is 6.70. The molecule has 1 aromatic heterocycles. The number of rotatable bonds is 0. The van der Waals surface area contributed by atoms with E-state index in [1.54, 1.807) is 0 Å². The fraction of sp³-hybridized carbons (Fsp3) is 0.615. The van der Waals surface area contributed by atoms with Crippen LogP contribution in [0, 0.1) is 6.92 Å². The molecule has 1 fully saturated rings. The summed E-state index contributed by atoms with van der Waals surface area (Å²) in [4.78, 5) is 20.5. The van der Waals surface area contributed by atoms with Gasteiger partial charge in [0.1, 0.15) is 5.69 Å². The van der Waals surface area contributed by atoms with Crippen LogP contribution in [0.25, 0.3) is 0 Å². The van der Waals surface area contributed by atoms with E-state index >= 15 is 0 Å². The molecule has 2 aliphatic rings. The second-order valence-corrected chi connectivity index (χ2v) is 5.83. The average molecular weight is 281 g/mol. The first kappa shape index (κ1) is 12.7. The third kappa shape index (κ3) is 2.39. The predicted octanol–water partition coefficient (Wildman–Crippen LogP) is 2.90. The van der Waals surface area contributed by atoms with Crippen molar-refractivity contribution in [3.05, 3.63) is 11.0 Å². The predicted molar refractivity (Wildman–Crippen MR) is 74.5 cm³/mol. The molecule has 5 nitrogen and oxygen atoms in total. The molecule has 0 radical (unpaired) electrons. The van der Waals surface area contributed by atoms with Crippen molar-refractivity contribution in [2.45, 2.75) is 51.0 Å². The van der Waals surface area contributed by atoms with Crippen LogP contribution >= 0.6 is 11.6 Å². The summed E-state index contributed by atoms with van der Waals surface area (Å²) in [6.07, 6.45) is 6.02. The molecule has 1 aromatic rings. The molecular formula is C13H17ClN4O. The summed E-state index contributed by atoms with van der Waals surface area (Å²) < 4.78 is 0. The lowest BCUT2D eigenvalue weighted by molar-refractivity contribution is -0.117. The molecule has 2 N–H and O–H groups in total. The van der Waals surface area contributed by atoms with Crippen molar-refractivity contribution in [2.75, 3.05) is 10.6 Å². The van der Waals surface area contributed by atoms with Crippen LogP contribution in [0.2, 0.25) is 5.28 Å². The molecule has 0 saturated heterocycles. The molecule has 1 aliphatic heterocycles. The average Bonchev–Trinajstić information content (AvgIpc) is 2.46. The number of aryl methyl sites for hydroxylation is 1. The van der Waals surface area contributed by atoms with Gasteiger partial charge >= 0.3 is 0 Å². The molecule has 0 atom stereocenters. The van der Waals surface area contributed by atoms with Gasteiger partial charge in [0.05, 0.1) is 5.69 Å². The van der Waals surface area contributed by atoms with Crippen molar-refractivity contribution in [1.29, 1.82) is 0 Å². The molecule has 0 unspecified atom stereocenters. The highest BCUT2D eigenvalue weighted by Crippen LogP contribution is 2.39. The van der Waals surface area contributed by atoms with Gasteiger partial charge in [-0.2, -0.15) is 4.98 Å². The molecule has 102 valence electrons. The lowest BCUT2D eigenvalue weighted by atomic mass is 9.79. The molecule has 19 heavy (non-hydrogen) atoms. The summed E-state index contributed by atoms with van der Waals surface area (Å²) >= 11 is 5.92. The van der Waals surface area contributed by atoms with E-state index in [0.717, 1.165) is 25.7 Å². The molecule has 1 amide bonds. The largest absolute Gasteiger partial charge is 0.362 e. The standard InChI is InChI=1S/C13H17ClN4O/c1-8-10-11(17-12(14)15-8)18-13(7-9(19)16-10)5-3-2-4-6-13/h2-7H2,1H3,(H,16,19)(H,15,17,18). The Morgan fingerprint density at radius 1 is 1.21 bits per heavy atom. The Hall–Kier alpha value is -1.36. The van der Waals surface area contributed by atoms with Crippen molar-refractivity contribution < 1.29 is 4.79 Å². The van der Waals surface area contributed by atoms with Gasteiger partial charge in [0.15, 0.2) is 5.82 Å². The Balaban J connectivity index is 2.03. The lowest BCUT2D eigenvalue weighted by Crippen LogP contribution is -2.42. The van der Waals surface area contributed by atoms with Crippen molar-refractivity contribution in [1.82, 2.24) is 9.97 Å². The highest BCUT2D eigenvalue weighted by atomic mass is 35.5. The van der Waals surface area contributed by atoms with Crippen molar-refractivity contribution >= 4 is 29.0 Å². The SMILES string of the molecule is Cc1nc(Cl)nc2c1NC(=O)CC1(CCCCC1)N2. The first-order valence-corrected chi connectivity index (χ1v) is 7.08. The van der Waals surface area contributed by atoms with Crippen molar-refractivity contribution in [3.63, 3.8) is 0 Å². The Morgan fingerprint density at radius 3 is 2.68 bits per heavy atom. The van der Waals surface area contributed by atoms with Gasteiger partial charge < -0.3 is 10.6 Å². The van der Waals surface area contributed by atoms with Gasteiger partial charge in [0.2, 0.25) is 11.2 Å². The Labute approximate surface area is 117 Å². The highest BCUT2D eigenvalue weighted by Gasteiger charge is 2.38. The van der Waals surface area contributed by atoms with Gasteiger partial charge in [-0.1, -0.05) is 19.3 Å². The topological polar surface area (TPSA) is 66.9 Å². The zero-order valence-electron chi connectivity index (χ0n) is 10.9. The maximum Gasteiger partial charge on any atom is 0.226 e. The zero-order chi connectivity index (χ0) is 13.5. The molecule has 6 heteroatoms. The third-order valence-corrected chi connectivity index (χ3v) is 4.19. The summed E-state index contributed by atoms with van der Waals surface area (Å²) in [7, 11) is 0. The normalized spacial score (nSPS) is 21.3. The lowest BCUT2D eigenvalue weighted by Gasteiger charge is -2.36. The molecule has 3 rings (SSSR count). The summed E-state index contributed by atoms with van der Waals surface area (Å²) in [6.45, 7) is 1.83. The van der Waals surface area contributed by atoms with E-state index in [0.29, 0.717) is 23.6 Å². The summed E-state index contributed by atoms with van der Waals surface area (Å²) in [5.41, 5.74) is 1.19. The fourth-order valence-corrected chi connectivity index (χ4v) is 3.31. The van der Waals surface area contributed by atoms with Crippen LogP contribution in [0.15, 0.2) is 0 Å². The Morgan fingerprint density at radius 2 is 1.95 bits per heavy atom. The number of fused-ring (bicyclic) bond motifs is 1. The van der Waals surface area contributed by atoms with Crippen LogP contribution in [0.4, 0.5) is 11.5 Å². The van der Waals surface area contributed by atoms with E-state index in [1.807, 2.05) is 6.92 Å². The third-order valence-electron chi connectivity index (χ3n) is 4.02. The Kier molecular flexibility index (Phi) is 3.09. The molecular weight excluding hydrogens is 264 g/mol. The van der Waals surface area contributed by atoms with E-state index in [-0.39, 0.29) is 16.7 Å². The maximum atomic E-state index is 12.1. The number of carbonyl (C=O) groups excluding carboxylic acids is 1. The number of hydrogen-bond acceptors (Lipinski definition) is 4. The van der Waals surface area contributed by atoms with Gasteiger partial charge in [0.25, 0.3) is 0 Å². The quantitative estimate of drug-likeness (QED) is 0.717. The smallest absolute Gasteiger partial charge is 0.226 e. The fourth-order valence-electron chi connectivity index (χ4n) is 3.10. The minimum absolute atomic E-state index is 0.0298. The van der Waals surface area contributed by atoms with E-state index in [1.165, 1.54) is 6.42 Å². The van der Waals surface area contributed by atoms with E-state index in [9.17, 15) is 4.79 Å². The molecule has 1 saturated carbocycles. The van der Waals surface area contributed by atoms with E-state index in [2.05, 4.69) is 20.6 Å². The second kappa shape index (κ2) is 4.63. The highest BCUT2D eigenvalue weighted by molar-refractivity contribution is 6.28. The minimum atomic E-state index is -0.169. The van der Waals surface area contributed by atoms with Gasteiger partial charge in [-0.25, -0.2) is 4.98 Å². The van der Waals surface area contributed by atoms with Crippen LogP contribution in [0.3, 0.4) is 0 Å². The summed E-state index contributed by atoms with van der Waals surface area (Å²) in [5, 5.41) is 6.59. The van der Waals surface area contributed by atoms with Gasteiger partial charge in [-0.3, -0.25) is 4.79 Å². The molecule has 0 bridgehead atoms. The minimum Gasteiger partial charge on any atom is -0.362 e. The van der Waals surface area contributed by atoms with Crippen molar-refractivity contribution in [3.8, 4) is 0 Å². The van der Waals surface area contributed by atoms with Crippen LogP contribution in [0.5, 0.6) is 0 Å². The van der Waals surface area contributed by atoms with Crippen molar-refractivity contribution in [2.24, 2.45) is 0 Å². The van der Waals surface area contributed by atoms with Gasteiger partial charge in [-0.05, 0) is 31.4 Å².